The molecule has 2 aromatic carbocycles. The fourth-order valence-electron chi connectivity index (χ4n) is 3.83. The molecule has 0 aliphatic heterocycles. The summed E-state index contributed by atoms with van der Waals surface area (Å²) < 4.78 is 0. The normalized spacial score (nSPS) is 17.5. The Balaban J connectivity index is 1.94. The van der Waals surface area contributed by atoms with Crippen molar-refractivity contribution in [1.29, 1.82) is 0 Å². The summed E-state index contributed by atoms with van der Waals surface area (Å²) in [4.78, 5) is 12.9. The molecule has 1 unspecified atom stereocenters. The van der Waals surface area contributed by atoms with E-state index >= 15 is 0 Å². The number of amides is 1. The fourth-order valence-corrected chi connectivity index (χ4v) is 3.83. The highest BCUT2D eigenvalue weighted by Gasteiger charge is 2.41. The van der Waals surface area contributed by atoms with Gasteiger partial charge >= 0.3 is 0 Å². The summed E-state index contributed by atoms with van der Waals surface area (Å²) in [6, 6.07) is 15.3. The van der Waals surface area contributed by atoms with Crippen LogP contribution >= 0.6 is 0 Å². The maximum atomic E-state index is 12.9. The van der Waals surface area contributed by atoms with Gasteiger partial charge in [0.1, 0.15) is 0 Å². The van der Waals surface area contributed by atoms with Crippen LogP contribution in [-0.2, 0) is 0 Å². The van der Waals surface area contributed by atoms with Gasteiger partial charge in [-0.3, -0.25) is 4.79 Å². The molecule has 2 N–H and O–H groups in total. The lowest BCUT2D eigenvalue weighted by atomic mass is 9.86. The van der Waals surface area contributed by atoms with Crippen molar-refractivity contribution >= 4 is 5.91 Å². The second-order valence-electron chi connectivity index (χ2n) is 6.89. The van der Waals surface area contributed by atoms with Gasteiger partial charge in [0, 0.05) is 5.56 Å². The Morgan fingerprint density at radius 2 is 1.58 bits per heavy atom. The predicted molar refractivity (Wildman–Crippen MR) is 96.0 cm³/mol. The molecule has 1 fully saturated rings. The summed E-state index contributed by atoms with van der Waals surface area (Å²) in [6.07, 6.45) is 3.44. The average molecular weight is 323 g/mol. The topological polar surface area (TPSA) is 49.3 Å². The van der Waals surface area contributed by atoms with Gasteiger partial charge in [-0.1, -0.05) is 61.4 Å². The van der Waals surface area contributed by atoms with Crippen LogP contribution in [0.5, 0.6) is 0 Å². The molecule has 2 aromatic rings. The molecule has 126 valence electrons. The second kappa shape index (κ2) is 6.78. The lowest BCUT2D eigenvalue weighted by Gasteiger charge is -2.34. The maximum Gasteiger partial charge on any atom is 0.252 e. The third-order valence-corrected chi connectivity index (χ3v) is 5.12. The molecule has 0 bridgehead atoms. The van der Waals surface area contributed by atoms with E-state index in [0.717, 1.165) is 42.4 Å². The molecule has 1 atom stereocenters. The van der Waals surface area contributed by atoms with E-state index in [0.29, 0.717) is 5.56 Å². The standard InChI is InChI=1S/C21H25NO2/c1-15-9-8-10-16(2)18(15)20(23)22-19(17-11-4-3-5-12-17)21(24)13-6-7-14-21/h3-5,8-12,19,24H,6-7,13-14H2,1-2H3,(H,22,23). The van der Waals surface area contributed by atoms with Crippen LogP contribution in [0.3, 0.4) is 0 Å². The van der Waals surface area contributed by atoms with Gasteiger partial charge in [-0.05, 0) is 43.4 Å². The van der Waals surface area contributed by atoms with E-state index in [1.54, 1.807) is 0 Å². The molecule has 1 aliphatic carbocycles. The highest BCUT2D eigenvalue weighted by Crippen LogP contribution is 2.40. The minimum absolute atomic E-state index is 0.111. The number of hydrogen-bond acceptors (Lipinski definition) is 2. The van der Waals surface area contributed by atoms with Crippen molar-refractivity contribution < 1.29 is 9.90 Å². The Morgan fingerprint density at radius 3 is 2.17 bits per heavy atom. The van der Waals surface area contributed by atoms with Crippen LogP contribution in [0.2, 0.25) is 0 Å². The molecule has 0 saturated heterocycles. The first-order chi connectivity index (χ1) is 11.5. The van der Waals surface area contributed by atoms with Gasteiger partial charge < -0.3 is 10.4 Å². The molecule has 0 aromatic heterocycles. The second-order valence-corrected chi connectivity index (χ2v) is 6.89. The molecular weight excluding hydrogens is 298 g/mol. The van der Waals surface area contributed by atoms with Crippen molar-refractivity contribution in [3.8, 4) is 0 Å². The summed E-state index contributed by atoms with van der Waals surface area (Å²) in [5, 5.41) is 14.2. The van der Waals surface area contributed by atoms with E-state index in [1.165, 1.54) is 0 Å². The van der Waals surface area contributed by atoms with Gasteiger partial charge in [0.05, 0.1) is 11.6 Å². The van der Waals surface area contributed by atoms with Crippen molar-refractivity contribution in [3.05, 3.63) is 70.8 Å². The van der Waals surface area contributed by atoms with E-state index < -0.39 is 5.60 Å². The van der Waals surface area contributed by atoms with Crippen molar-refractivity contribution in [2.75, 3.05) is 0 Å². The lowest BCUT2D eigenvalue weighted by Crippen LogP contribution is -2.44. The molecule has 0 spiro atoms. The van der Waals surface area contributed by atoms with Gasteiger partial charge in [-0.2, -0.15) is 0 Å². The molecule has 0 heterocycles. The molecule has 24 heavy (non-hydrogen) atoms. The lowest BCUT2D eigenvalue weighted by molar-refractivity contribution is 0.00722. The summed E-state index contributed by atoms with van der Waals surface area (Å²) in [5.74, 6) is -0.111. The van der Waals surface area contributed by atoms with E-state index in [9.17, 15) is 9.90 Å². The zero-order valence-electron chi connectivity index (χ0n) is 14.4. The number of carbonyl (C=O) groups is 1. The first-order valence-electron chi connectivity index (χ1n) is 8.66. The summed E-state index contributed by atoms with van der Waals surface area (Å²) in [6.45, 7) is 3.90. The smallest absolute Gasteiger partial charge is 0.252 e. The average Bonchev–Trinajstić information content (AvgIpc) is 3.01. The van der Waals surface area contributed by atoms with Gasteiger partial charge in [0.2, 0.25) is 0 Å². The van der Waals surface area contributed by atoms with E-state index in [-0.39, 0.29) is 11.9 Å². The summed E-state index contributed by atoms with van der Waals surface area (Å²) in [5.41, 5.74) is 2.71. The number of benzene rings is 2. The Bertz CT molecular complexity index is 698. The van der Waals surface area contributed by atoms with Crippen LogP contribution in [0, 0.1) is 13.8 Å². The van der Waals surface area contributed by atoms with Crippen molar-refractivity contribution in [2.24, 2.45) is 0 Å². The zero-order chi connectivity index (χ0) is 17.2. The SMILES string of the molecule is Cc1cccc(C)c1C(=O)NC(c1ccccc1)C1(O)CCCC1. The van der Waals surface area contributed by atoms with E-state index in [4.69, 9.17) is 0 Å². The fraction of sp³-hybridized carbons (Fsp3) is 0.381. The van der Waals surface area contributed by atoms with E-state index in [1.807, 2.05) is 62.4 Å². The molecule has 3 nitrogen and oxygen atoms in total. The Labute approximate surface area is 143 Å². The van der Waals surface area contributed by atoms with Gasteiger partial charge in [-0.25, -0.2) is 0 Å². The Hall–Kier alpha value is -2.13. The molecule has 0 radical (unpaired) electrons. The van der Waals surface area contributed by atoms with Crippen molar-refractivity contribution in [2.45, 2.75) is 51.2 Å². The predicted octanol–water partition coefficient (Wildman–Crippen LogP) is 4.08. The third kappa shape index (κ3) is 3.22. The van der Waals surface area contributed by atoms with E-state index in [2.05, 4.69) is 5.32 Å². The summed E-state index contributed by atoms with van der Waals surface area (Å²) in [7, 11) is 0. The van der Waals surface area contributed by atoms with Crippen LogP contribution in [0.4, 0.5) is 0 Å². The van der Waals surface area contributed by atoms with Crippen LogP contribution in [0.15, 0.2) is 48.5 Å². The highest BCUT2D eigenvalue weighted by molar-refractivity contribution is 5.97. The van der Waals surface area contributed by atoms with Crippen LogP contribution < -0.4 is 5.32 Å². The van der Waals surface area contributed by atoms with Crippen LogP contribution in [0.1, 0.15) is 58.8 Å². The minimum Gasteiger partial charge on any atom is -0.387 e. The zero-order valence-corrected chi connectivity index (χ0v) is 14.4. The van der Waals surface area contributed by atoms with Crippen LogP contribution in [0.25, 0.3) is 0 Å². The third-order valence-electron chi connectivity index (χ3n) is 5.12. The Kier molecular flexibility index (Phi) is 4.72. The number of nitrogens with one attached hydrogen (secondary N) is 1. The number of hydrogen-bond donors (Lipinski definition) is 2. The monoisotopic (exact) mass is 323 g/mol. The number of aryl methyl sites for hydroxylation is 2. The largest absolute Gasteiger partial charge is 0.387 e. The first-order valence-corrected chi connectivity index (χ1v) is 8.66. The quantitative estimate of drug-likeness (QED) is 0.891. The summed E-state index contributed by atoms with van der Waals surface area (Å²) >= 11 is 0. The van der Waals surface area contributed by atoms with Gasteiger partial charge in [-0.15, -0.1) is 0 Å². The van der Waals surface area contributed by atoms with Crippen LogP contribution in [-0.4, -0.2) is 16.6 Å². The number of rotatable bonds is 4. The first kappa shape index (κ1) is 16.7. The van der Waals surface area contributed by atoms with Gasteiger partial charge in [0.25, 0.3) is 5.91 Å². The van der Waals surface area contributed by atoms with Gasteiger partial charge in [0.15, 0.2) is 0 Å². The van der Waals surface area contributed by atoms with Crippen molar-refractivity contribution in [3.63, 3.8) is 0 Å². The molecule has 3 rings (SSSR count). The number of carbonyl (C=O) groups excluding carboxylic acids is 1. The highest BCUT2D eigenvalue weighted by atomic mass is 16.3. The molecule has 1 aliphatic rings. The van der Waals surface area contributed by atoms with Crippen molar-refractivity contribution in [1.82, 2.24) is 5.32 Å². The minimum atomic E-state index is -0.867. The number of aliphatic hydroxyl groups is 1. The molecular formula is C21H25NO2. The molecule has 1 saturated carbocycles. The Morgan fingerprint density at radius 1 is 1.00 bits per heavy atom. The maximum absolute atomic E-state index is 12.9. The molecule has 3 heteroatoms. The molecule has 1 amide bonds.